The summed E-state index contributed by atoms with van der Waals surface area (Å²) < 4.78 is 18.4. The van der Waals surface area contributed by atoms with E-state index < -0.39 is 4.92 Å². The van der Waals surface area contributed by atoms with Gasteiger partial charge in [0.2, 0.25) is 0 Å². The van der Waals surface area contributed by atoms with Crippen molar-refractivity contribution in [3.8, 4) is 5.75 Å². The zero-order chi connectivity index (χ0) is 20.8. The molecule has 1 aliphatic rings. The lowest BCUT2D eigenvalue weighted by Crippen LogP contribution is -2.32. The second-order valence-corrected chi connectivity index (χ2v) is 7.04. The minimum atomic E-state index is -0.432. The molecule has 1 aliphatic heterocycles. The van der Waals surface area contributed by atoms with Crippen molar-refractivity contribution < 1.29 is 18.8 Å². The summed E-state index contributed by atoms with van der Waals surface area (Å²) in [6.45, 7) is 2.09. The Kier molecular flexibility index (Phi) is 6.64. The first-order chi connectivity index (χ1) is 14.0. The average Bonchev–Trinajstić information content (AvgIpc) is 2.74. The second kappa shape index (κ2) is 9.36. The number of ether oxygens (including phenoxy) is 1. The summed E-state index contributed by atoms with van der Waals surface area (Å²) >= 11 is 0. The van der Waals surface area contributed by atoms with Crippen LogP contribution in [0.25, 0.3) is 0 Å². The van der Waals surface area contributed by atoms with Gasteiger partial charge in [-0.15, -0.1) is 0 Å². The number of amides is 1. The third-order valence-corrected chi connectivity index (χ3v) is 4.97. The van der Waals surface area contributed by atoms with Crippen LogP contribution in [0.4, 0.5) is 15.8 Å². The Morgan fingerprint density at radius 1 is 1.17 bits per heavy atom. The van der Waals surface area contributed by atoms with Crippen LogP contribution in [0.15, 0.2) is 42.5 Å². The zero-order valence-electron chi connectivity index (χ0n) is 16.3. The first kappa shape index (κ1) is 20.6. The average molecular weight is 401 g/mol. The SMILES string of the molecule is CN(CCOc1ccc(F)cc1)C(=O)c1ccc(N2CCCCC2)c([N+](=O)[O-])c1. The Morgan fingerprint density at radius 3 is 2.52 bits per heavy atom. The fraction of sp³-hybridized carbons (Fsp3) is 0.381. The van der Waals surface area contributed by atoms with E-state index in [0.29, 0.717) is 11.4 Å². The quantitative estimate of drug-likeness (QED) is 0.520. The second-order valence-electron chi connectivity index (χ2n) is 7.04. The van der Waals surface area contributed by atoms with Crippen molar-refractivity contribution in [1.29, 1.82) is 0 Å². The largest absolute Gasteiger partial charge is 0.492 e. The molecule has 1 amide bonds. The Morgan fingerprint density at radius 2 is 1.86 bits per heavy atom. The summed E-state index contributed by atoms with van der Waals surface area (Å²) in [6, 6.07) is 10.3. The molecule has 3 rings (SSSR count). The molecule has 0 spiro atoms. The molecule has 8 heteroatoms. The lowest BCUT2D eigenvalue weighted by atomic mass is 10.1. The van der Waals surface area contributed by atoms with E-state index >= 15 is 0 Å². The van der Waals surface area contributed by atoms with Gasteiger partial charge < -0.3 is 14.5 Å². The number of halogens is 1. The molecular formula is C21H24FN3O4. The molecule has 0 saturated carbocycles. The van der Waals surface area contributed by atoms with Gasteiger partial charge in [0.05, 0.1) is 11.5 Å². The molecule has 1 heterocycles. The molecule has 0 atom stereocenters. The van der Waals surface area contributed by atoms with E-state index in [2.05, 4.69) is 0 Å². The maximum Gasteiger partial charge on any atom is 0.293 e. The van der Waals surface area contributed by atoms with Crippen LogP contribution in [0.1, 0.15) is 29.6 Å². The number of carbonyl (C=O) groups excluding carboxylic acids is 1. The van der Waals surface area contributed by atoms with E-state index in [4.69, 9.17) is 4.74 Å². The van der Waals surface area contributed by atoms with Crippen LogP contribution >= 0.6 is 0 Å². The Bertz CT molecular complexity index is 867. The minimum Gasteiger partial charge on any atom is -0.492 e. The topological polar surface area (TPSA) is 75.9 Å². The van der Waals surface area contributed by atoms with Gasteiger partial charge in [0.15, 0.2) is 0 Å². The molecule has 0 radical (unpaired) electrons. The van der Waals surface area contributed by atoms with E-state index in [1.165, 1.54) is 35.2 Å². The lowest BCUT2D eigenvalue weighted by Gasteiger charge is -2.28. The summed E-state index contributed by atoms with van der Waals surface area (Å²) in [5.74, 6) is -0.158. The summed E-state index contributed by atoms with van der Waals surface area (Å²) in [4.78, 5) is 27.3. The Balaban J connectivity index is 1.65. The van der Waals surface area contributed by atoms with E-state index in [1.807, 2.05) is 4.90 Å². The third kappa shape index (κ3) is 5.22. The standard InChI is InChI=1S/C21H24FN3O4/c1-23(13-14-29-18-8-6-17(22)7-9-18)21(26)16-5-10-19(20(15-16)25(27)28)24-11-3-2-4-12-24/h5-10,15H,2-4,11-14H2,1H3. The number of hydrogen-bond acceptors (Lipinski definition) is 5. The van der Waals surface area contributed by atoms with Crippen LogP contribution < -0.4 is 9.64 Å². The molecule has 0 unspecified atom stereocenters. The molecule has 2 aromatic rings. The molecule has 0 aliphatic carbocycles. The molecule has 7 nitrogen and oxygen atoms in total. The van der Waals surface area contributed by atoms with Crippen molar-refractivity contribution in [3.63, 3.8) is 0 Å². The van der Waals surface area contributed by atoms with Crippen molar-refractivity contribution >= 4 is 17.3 Å². The van der Waals surface area contributed by atoms with Crippen molar-refractivity contribution in [2.75, 3.05) is 38.2 Å². The van der Waals surface area contributed by atoms with Gasteiger partial charge in [-0.25, -0.2) is 4.39 Å². The maximum atomic E-state index is 12.9. The van der Waals surface area contributed by atoms with Gasteiger partial charge in [-0.1, -0.05) is 0 Å². The van der Waals surface area contributed by atoms with Gasteiger partial charge >= 0.3 is 0 Å². The van der Waals surface area contributed by atoms with Gasteiger partial charge in [0.25, 0.3) is 11.6 Å². The molecule has 1 saturated heterocycles. The van der Waals surface area contributed by atoms with Crippen molar-refractivity contribution in [2.24, 2.45) is 0 Å². The van der Waals surface area contributed by atoms with Gasteiger partial charge in [0, 0.05) is 31.8 Å². The summed E-state index contributed by atoms with van der Waals surface area (Å²) in [7, 11) is 1.61. The fourth-order valence-electron chi connectivity index (χ4n) is 3.36. The Hall–Kier alpha value is -3.16. The highest BCUT2D eigenvalue weighted by molar-refractivity contribution is 5.95. The molecule has 0 aromatic heterocycles. The van der Waals surface area contributed by atoms with E-state index in [1.54, 1.807) is 19.2 Å². The lowest BCUT2D eigenvalue weighted by molar-refractivity contribution is -0.384. The molecule has 0 bridgehead atoms. The van der Waals surface area contributed by atoms with Gasteiger partial charge in [0.1, 0.15) is 23.9 Å². The van der Waals surface area contributed by atoms with Crippen LogP contribution in [-0.4, -0.2) is 49.0 Å². The number of hydrogen-bond donors (Lipinski definition) is 0. The van der Waals surface area contributed by atoms with Crippen molar-refractivity contribution in [1.82, 2.24) is 4.90 Å². The number of nitro benzene ring substituents is 1. The number of benzene rings is 2. The zero-order valence-corrected chi connectivity index (χ0v) is 16.3. The van der Waals surface area contributed by atoms with Crippen LogP contribution in [0, 0.1) is 15.9 Å². The number of carbonyl (C=O) groups is 1. The smallest absolute Gasteiger partial charge is 0.293 e. The first-order valence-electron chi connectivity index (χ1n) is 9.63. The van der Waals surface area contributed by atoms with Crippen LogP contribution in [0.5, 0.6) is 5.75 Å². The number of piperidine rings is 1. The normalized spacial score (nSPS) is 13.8. The number of likely N-dealkylation sites (N-methyl/N-ethyl adjacent to an activating group) is 1. The molecule has 1 fully saturated rings. The predicted molar refractivity (Wildman–Crippen MR) is 108 cm³/mol. The summed E-state index contributed by atoms with van der Waals surface area (Å²) in [6.07, 6.45) is 3.15. The highest BCUT2D eigenvalue weighted by atomic mass is 19.1. The molecule has 154 valence electrons. The monoisotopic (exact) mass is 401 g/mol. The molecular weight excluding hydrogens is 377 g/mol. The first-order valence-corrected chi connectivity index (χ1v) is 9.63. The number of rotatable bonds is 7. The minimum absolute atomic E-state index is 0.0475. The maximum absolute atomic E-state index is 12.9. The third-order valence-electron chi connectivity index (χ3n) is 4.97. The van der Waals surface area contributed by atoms with Crippen molar-refractivity contribution in [2.45, 2.75) is 19.3 Å². The van der Waals surface area contributed by atoms with Crippen LogP contribution in [0.3, 0.4) is 0 Å². The molecule has 29 heavy (non-hydrogen) atoms. The molecule has 2 aromatic carbocycles. The highest BCUT2D eigenvalue weighted by Crippen LogP contribution is 2.31. The van der Waals surface area contributed by atoms with E-state index in [9.17, 15) is 19.3 Å². The Labute approximate surface area is 168 Å². The number of nitrogens with zero attached hydrogens (tertiary/aromatic N) is 3. The van der Waals surface area contributed by atoms with Crippen molar-refractivity contribution in [3.05, 3.63) is 64.0 Å². The van der Waals surface area contributed by atoms with E-state index in [-0.39, 0.29) is 36.1 Å². The van der Waals surface area contributed by atoms with Crippen LogP contribution in [-0.2, 0) is 0 Å². The number of anilines is 1. The summed E-state index contributed by atoms with van der Waals surface area (Å²) in [5.41, 5.74) is 0.781. The van der Waals surface area contributed by atoms with Crippen LogP contribution in [0.2, 0.25) is 0 Å². The van der Waals surface area contributed by atoms with Gasteiger partial charge in [-0.05, 0) is 55.7 Å². The van der Waals surface area contributed by atoms with E-state index in [0.717, 1.165) is 32.4 Å². The number of nitro groups is 1. The molecule has 0 N–H and O–H groups in total. The van der Waals surface area contributed by atoms with Gasteiger partial charge in [-0.2, -0.15) is 0 Å². The summed E-state index contributed by atoms with van der Waals surface area (Å²) in [5, 5.41) is 11.6. The predicted octanol–water partition coefficient (Wildman–Crippen LogP) is 3.88. The highest BCUT2D eigenvalue weighted by Gasteiger charge is 2.24. The fourth-order valence-corrected chi connectivity index (χ4v) is 3.36. The van der Waals surface area contributed by atoms with Gasteiger partial charge in [-0.3, -0.25) is 14.9 Å².